The Morgan fingerprint density at radius 1 is 1.05 bits per heavy atom. The molecule has 1 heterocycles. The first kappa shape index (κ1) is 30.1. The Kier molecular flexibility index (Phi) is 13.5. The zero-order valence-corrected chi connectivity index (χ0v) is 22.5. The lowest BCUT2D eigenvalue weighted by molar-refractivity contribution is -0.110. The molecule has 9 heteroatoms. The predicted octanol–water partition coefficient (Wildman–Crippen LogP) is 4.03. The van der Waals surface area contributed by atoms with E-state index in [1.54, 1.807) is 25.3 Å². The van der Waals surface area contributed by atoms with Crippen molar-refractivity contribution in [2.45, 2.75) is 51.1 Å². The minimum atomic E-state index is 0.0725. The maximum atomic E-state index is 12.7. The molecule has 3 N–H and O–H groups in total. The molecule has 0 radical (unpaired) electrons. The molecule has 0 bridgehead atoms. The van der Waals surface area contributed by atoms with Gasteiger partial charge >= 0.3 is 0 Å². The summed E-state index contributed by atoms with van der Waals surface area (Å²) in [5, 5.41) is 3.21. The van der Waals surface area contributed by atoms with Gasteiger partial charge in [-0.15, -0.1) is 0 Å². The highest BCUT2D eigenvalue weighted by Gasteiger charge is 2.27. The molecule has 1 aliphatic heterocycles. The first-order chi connectivity index (χ1) is 17.9. The number of hydrogen-bond donors (Lipinski definition) is 2. The van der Waals surface area contributed by atoms with Crippen LogP contribution in [0.25, 0.3) is 0 Å². The zero-order valence-electron chi connectivity index (χ0n) is 21.8. The van der Waals surface area contributed by atoms with Crippen molar-refractivity contribution >= 4 is 30.3 Å². The SMILES string of the molecule is CC(NC=O)c1ccccc1.COc1cc(C(=O)N2CCN(C3CCCCC3)CC2)ccc1Cl.NC=O. The van der Waals surface area contributed by atoms with E-state index < -0.39 is 0 Å². The fraction of sp³-hybridized carbons (Fsp3) is 0.464. The van der Waals surface area contributed by atoms with E-state index in [0.717, 1.165) is 44.2 Å². The molecule has 2 aromatic carbocycles. The standard InChI is InChI=1S/C18H25ClN2O2.C9H11NO.CH3NO/c1-23-17-13-14(7-8-16(17)19)18(22)21-11-9-20(10-12-21)15-5-3-2-4-6-15;1-8(10-7-11)9-5-3-2-4-6-9;2-1-3/h7-8,13,15H,2-6,9-12H2,1H3;2-8H,1H3,(H,10,11);1H,(H2,2,3). The molecule has 0 aromatic heterocycles. The Balaban J connectivity index is 0.000000287. The monoisotopic (exact) mass is 530 g/mol. The molecule has 1 aliphatic carbocycles. The average molecular weight is 531 g/mol. The molecule has 8 nitrogen and oxygen atoms in total. The summed E-state index contributed by atoms with van der Waals surface area (Å²) in [4.78, 5) is 35.9. The molecule has 37 heavy (non-hydrogen) atoms. The average Bonchev–Trinajstić information content (AvgIpc) is 2.95. The van der Waals surface area contributed by atoms with Crippen LogP contribution in [0.3, 0.4) is 0 Å². The van der Waals surface area contributed by atoms with Gasteiger partial charge in [0.15, 0.2) is 0 Å². The van der Waals surface area contributed by atoms with E-state index in [-0.39, 0.29) is 18.4 Å². The lowest BCUT2D eigenvalue weighted by Crippen LogP contribution is -2.52. The summed E-state index contributed by atoms with van der Waals surface area (Å²) in [7, 11) is 1.57. The number of nitrogens with zero attached hydrogens (tertiary/aromatic N) is 2. The quantitative estimate of drug-likeness (QED) is 0.548. The lowest BCUT2D eigenvalue weighted by atomic mass is 9.94. The van der Waals surface area contributed by atoms with Crippen molar-refractivity contribution in [3.05, 3.63) is 64.7 Å². The van der Waals surface area contributed by atoms with Crippen molar-refractivity contribution < 1.29 is 19.1 Å². The Labute approximate surface area is 225 Å². The molecule has 2 fully saturated rings. The second-order valence-corrected chi connectivity index (χ2v) is 9.43. The fourth-order valence-electron chi connectivity index (χ4n) is 4.65. The number of rotatable bonds is 6. The second kappa shape index (κ2) is 16.6. The van der Waals surface area contributed by atoms with E-state index in [0.29, 0.717) is 16.3 Å². The van der Waals surface area contributed by atoms with Crippen LogP contribution in [0.15, 0.2) is 48.5 Å². The lowest BCUT2D eigenvalue weighted by Gasteiger charge is -2.40. The molecule has 4 rings (SSSR count). The van der Waals surface area contributed by atoms with Gasteiger partial charge < -0.3 is 20.7 Å². The highest BCUT2D eigenvalue weighted by atomic mass is 35.5. The van der Waals surface area contributed by atoms with Gasteiger partial charge in [-0.25, -0.2) is 0 Å². The smallest absolute Gasteiger partial charge is 0.254 e. The minimum absolute atomic E-state index is 0.0725. The Morgan fingerprint density at radius 3 is 2.24 bits per heavy atom. The van der Waals surface area contributed by atoms with Gasteiger partial charge in [0.25, 0.3) is 5.91 Å². The summed E-state index contributed by atoms with van der Waals surface area (Å²) >= 11 is 6.04. The number of methoxy groups -OCH3 is 1. The van der Waals surface area contributed by atoms with Crippen molar-refractivity contribution in [3.8, 4) is 5.75 Å². The number of nitrogens with one attached hydrogen (secondary N) is 1. The molecule has 1 atom stereocenters. The summed E-state index contributed by atoms with van der Waals surface area (Å²) in [6, 6.07) is 15.9. The second-order valence-electron chi connectivity index (χ2n) is 9.02. The number of amides is 3. The van der Waals surface area contributed by atoms with Crippen LogP contribution in [0.4, 0.5) is 0 Å². The van der Waals surface area contributed by atoms with E-state index in [1.807, 2.05) is 42.2 Å². The Hall–Kier alpha value is -3.10. The third kappa shape index (κ3) is 9.70. The van der Waals surface area contributed by atoms with Gasteiger partial charge in [0, 0.05) is 37.8 Å². The summed E-state index contributed by atoms with van der Waals surface area (Å²) in [6.07, 6.45) is 7.71. The van der Waals surface area contributed by atoms with Crippen LogP contribution in [0, 0.1) is 0 Å². The van der Waals surface area contributed by atoms with E-state index in [9.17, 15) is 9.59 Å². The van der Waals surface area contributed by atoms with Crippen molar-refractivity contribution in [2.75, 3.05) is 33.3 Å². The third-order valence-corrected chi connectivity index (χ3v) is 7.02. The van der Waals surface area contributed by atoms with Crippen molar-refractivity contribution in [3.63, 3.8) is 0 Å². The zero-order chi connectivity index (χ0) is 27.0. The number of hydrogen-bond acceptors (Lipinski definition) is 5. The predicted molar refractivity (Wildman–Crippen MR) is 147 cm³/mol. The molecule has 3 amide bonds. The van der Waals surface area contributed by atoms with Gasteiger partial charge in [-0.3, -0.25) is 19.3 Å². The van der Waals surface area contributed by atoms with Crippen LogP contribution < -0.4 is 15.8 Å². The number of carbonyl (C=O) groups is 3. The Morgan fingerprint density at radius 2 is 1.68 bits per heavy atom. The van der Waals surface area contributed by atoms with Crippen LogP contribution in [0.1, 0.15) is 61.0 Å². The molecule has 202 valence electrons. The van der Waals surface area contributed by atoms with Crippen molar-refractivity contribution in [1.82, 2.24) is 15.1 Å². The number of primary amides is 1. The highest BCUT2D eigenvalue weighted by molar-refractivity contribution is 6.32. The third-order valence-electron chi connectivity index (χ3n) is 6.71. The highest BCUT2D eigenvalue weighted by Crippen LogP contribution is 2.27. The van der Waals surface area contributed by atoms with Gasteiger partial charge in [0.05, 0.1) is 18.2 Å². The molecule has 2 aromatic rings. The van der Waals surface area contributed by atoms with Gasteiger partial charge in [0.1, 0.15) is 5.75 Å². The number of ether oxygens (including phenoxy) is 1. The van der Waals surface area contributed by atoms with E-state index in [2.05, 4.69) is 16.0 Å². The summed E-state index contributed by atoms with van der Waals surface area (Å²) in [6.45, 7) is 5.53. The molecule has 1 unspecified atom stereocenters. The number of carbonyl (C=O) groups excluding carboxylic acids is 3. The normalized spacial score (nSPS) is 16.7. The summed E-state index contributed by atoms with van der Waals surface area (Å²) < 4.78 is 5.21. The number of nitrogens with two attached hydrogens (primary N) is 1. The number of halogens is 1. The first-order valence-electron chi connectivity index (χ1n) is 12.7. The van der Waals surface area contributed by atoms with Crippen LogP contribution >= 0.6 is 11.6 Å². The molecule has 1 saturated carbocycles. The largest absolute Gasteiger partial charge is 0.495 e. The molecule has 1 saturated heterocycles. The van der Waals surface area contributed by atoms with Crippen LogP contribution in [0.2, 0.25) is 5.02 Å². The van der Waals surface area contributed by atoms with Gasteiger partial charge in [-0.1, -0.05) is 61.2 Å². The maximum Gasteiger partial charge on any atom is 0.254 e. The van der Waals surface area contributed by atoms with Crippen LogP contribution in [0.5, 0.6) is 5.75 Å². The van der Waals surface area contributed by atoms with E-state index >= 15 is 0 Å². The van der Waals surface area contributed by atoms with E-state index in [4.69, 9.17) is 21.1 Å². The fourth-order valence-corrected chi connectivity index (χ4v) is 4.85. The molecular weight excluding hydrogens is 492 g/mol. The van der Waals surface area contributed by atoms with Crippen LogP contribution in [-0.2, 0) is 9.59 Å². The van der Waals surface area contributed by atoms with E-state index in [1.165, 1.54) is 32.1 Å². The summed E-state index contributed by atoms with van der Waals surface area (Å²) in [5.41, 5.74) is 5.94. The number of piperazine rings is 1. The molecular formula is C28H39ClN4O4. The minimum Gasteiger partial charge on any atom is -0.495 e. The maximum absolute atomic E-state index is 12.7. The summed E-state index contributed by atoms with van der Waals surface area (Å²) in [5.74, 6) is 0.626. The van der Waals surface area contributed by atoms with Crippen molar-refractivity contribution in [2.24, 2.45) is 5.73 Å². The number of benzene rings is 2. The van der Waals surface area contributed by atoms with Gasteiger partial charge in [0.2, 0.25) is 12.8 Å². The van der Waals surface area contributed by atoms with Gasteiger partial charge in [-0.05, 0) is 43.5 Å². The molecule has 0 spiro atoms. The first-order valence-corrected chi connectivity index (χ1v) is 13.1. The topological polar surface area (TPSA) is 105 Å². The van der Waals surface area contributed by atoms with Crippen molar-refractivity contribution in [1.29, 1.82) is 0 Å². The van der Waals surface area contributed by atoms with Gasteiger partial charge in [-0.2, -0.15) is 0 Å². The Bertz CT molecular complexity index is 962. The molecule has 2 aliphatic rings. The van der Waals surface area contributed by atoms with Crippen LogP contribution in [-0.4, -0.2) is 67.9 Å².